The number of amides is 3. The lowest BCUT2D eigenvalue weighted by atomic mass is 10.1. The number of ether oxygens (including phenoxy) is 1. The monoisotopic (exact) mass is 426 g/mol. The van der Waals surface area contributed by atoms with Crippen molar-refractivity contribution in [3.8, 4) is 11.5 Å². The highest BCUT2D eigenvalue weighted by atomic mass is 32.2. The normalized spacial score (nSPS) is 15.0. The molecule has 0 aromatic heterocycles. The van der Waals surface area contributed by atoms with Gasteiger partial charge in [-0.2, -0.15) is 0 Å². The maximum atomic E-state index is 12.7. The van der Waals surface area contributed by atoms with Crippen LogP contribution in [-0.2, 0) is 9.59 Å². The Hall–Kier alpha value is -3.26. The number of benzene rings is 2. The van der Waals surface area contributed by atoms with Gasteiger partial charge in [0.1, 0.15) is 6.54 Å². The topological polar surface area (TPSA) is 95.9 Å². The number of hydrogen-bond acceptors (Lipinski definition) is 6. The van der Waals surface area contributed by atoms with E-state index in [1.807, 2.05) is 32.0 Å². The second kappa shape index (κ2) is 9.04. The number of carbonyl (C=O) groups is 3. The molecule has 0 aliphatic carbocycles. The number of thioether (sulfide) groups is 1. The summed E-state index contributed by atoms with van der Waals surface area (Å²) < 4.78 is 5.34. The Morgan fingerprint density at radius 1 is 1.20 bits per heavy atom. The molecule has 0 radical (unpaired) electrons. The van der Waals surface area contributed by atoms with Gasteiger partial charge in [-0.3, -0.25) is 19.3 Å². The summed E-state index contributed by atoms with van der Waals surface area (Å²) in [6.45, 7) is 5.55. The van der Waals surface area contributed by atoms with Crippen molar-refractivity contribution in [1.82, 2.24) is 4.90 Å². The van der Waals surface area contributed by atoms with Crippen LogP contribution in [0.25, 0.3) is 6.08 Å². The molecule has 1 aliphatic rings. The number of phenolic OH excluding ortho intramolecular Hbond substituents is 1. The lowest BCUT2D eigenvalue weighted by molar-refractivity contribution is -0.127. The highest BCUT2D eigenvalue weighted by Gasteiger charge is 2.36. The summed E-state index contributed by atoms with van der Waals surface area (Å²) in [5.74, 6) is -0.698. The minimum Gasteiger partial charge on any atom is -0.504 e. The van der Waals surface area contributed by atoms with Gasteiger partial charge in [-0.15, -0.1) is 0 Å². The first-order valence-corrected chi connectivity index (χ1v) is 10.2. The van der Waals surface area contributed by atoms with E-state index in [-0.39, 0.29) is 17.2 Å². The van der Waals surface area contributed by atoms with E-state index in [4.69, 9.17) is 4.74 Å². The molecule has 0 unspecified atom stereocenters. The lowest BCUT2D eigenvalue weighted by Crippen LogP contribution is -2.36. The molecular weight excluding hydrogens is 404 g/mol. The zero-order chi connectivity index (χ0) is 21.8. The summed E-state index contributed by atoms with van der Waals surface area (Å²) in [5, 5.41) is 12.1. The number of para-hydroxylation sites is 1. The molecule has 0 saturated carbocycles. The number of imide groups is 1. The van der Waals surface area contributed by atoms with Gasteiger partial charge in [-0.25, -0.2) is 0 Å². The summed E-state index contributed by atoms with van der Waals surface area (Å²) in [4.78, 5) is 38.6. The van der Waals surface area contributed by atoms with Gasteiger partial charge in [-0.05, 0) is 67.4 Å². The second-order valence-electron chi connectivity index (χ2n) is 6.74. The molecule has 1 heterocycles. The third-order valence-electron chi connectivity index (χ3n) is 4.50. The predicted octanol–water partition coefficient (Wildman–Crippen LogP) is 4.08. The fourth-order valence-corrected chi connectivity index (χ4v) is 3.85. The highest BCUT2D eigenvalue weighted by molar-refractivity contribution is 8.18. The predicted molar refractivity (Wildman–Crippen MR) is 116 cm³/mol. The zero-order valence-electron chi connectivity index (χ0n) is 16.9. The first kappa shape index (κ1) is 21.4. The van der Waals surface area contributed by atoms with E-state index >= 15 is 0 Å². The Kier molecular flexibility index (Phi) is 6.47. The van der Waals surface area contributed by atoms with Gasteiger partial charge in [0.05, 0.1) is 11.5 Å². The van der Waals surface area contributed by atoms with Crippen molar-refractivity contribution >= 4 is 40.6 Å². The Bertz CT molecular complexity index is 1030. The van der Waals surface area contributed by atoms with Crippen LogP contribution in [-0.4, -0.2) is 40.2 Å². The molecule has 8 heteroatoms. The fourth-order valence-electron chi connectivity index (χ4n) is 3.01. The maximum Gasteiger partial charge on any atom is 0.294 e. The van der Waals surface area contributed by atoms with Gasteiger partial charge in [0, 0.05) is 5.69 Å². The van der Waals surface area contributed by atoms with Crippen LogP contribution in [0.5, 0.6) is 11.5 Å². The van der Waals surface area contributed by atoms with E-state index in [0.717, 1.165) is 27.8 Å². The average molecular weight is 426 g/mol. The van der Waals surface area contributed by atoms with Crippen LogP contribution in [0.2, 0.25) is 0 Å². The van der Waals surface area contributed by atoms with Gasteiger partial charge in [0.15, 0.2) is 11.5 Å². The maximum absolute atomic E-state index is 12.7. The first-order chi connectivity index (χ1) is 14.3. The standard InChI is InChI=1S/C22H22N2O5S/c1-4-29-17-10-15(8-9-16(17)25)11-18-21(27)24(22(28)30-18)12-19(26)23-20-13(2)6-5-7-14(20)3/h5-11,25H,4,12H2,1-3H3,(H,23,26)/b18-11+. The summed E-state index contributed by atoms with van der Waals surface area (Å²) in [5.41, 5.74) is 3.07. The number of carbonyl (C=O) groups excluding carboxylic acids is 3. The van der Waals surface area contributed by atoms with E-state index in [1.54, 1.807) is 19.1 Å². The molecule has 2 aromatic rings. The highest BCUT2D eigenvalue weighted by Crippen LogP contribution is 2.34. The van der Waals surface area contributed by atoms with Crippen LogP contribution in [0.4, 0.5) is 10.5 Å². The number of phenols is 1. The molecule has 156 valence electrons. The minimum absolute atomic E-state index is 0.00901. The number of aryl methyl sites for hydroxylation is 2. The van der Waals surface area contributed by atoms with Crippen molar-refractivity contribution in [2.75, 3.05) is 18.5 Å². The average Bonchev–Trinajstić information content (AvgIpc) is 2.95. The molecule has 3 rings (SSSR count). The molecule has 2 N–H and O–H groups in total. The number of nitrogens with one attached hydrogen (secondary N) is 1. The molecular formula is C22H22N2O5S. The minimum atomic E-state index is -0.535. The van der Waals surface area contributed by atoms with Crippen LogP contribution in [0, 0.1) is 13.8 Å². The van der Waals surface area contributed by atoms with Gasteiger partial charge in [-0.1, -0.05) is 24.3 Å². The molecule has 3 amide bonds. The molecule has 30 heavy (non-hydrogen) atoms. The van der Waals surface area contributed by atoms with Crippen molar-refractivity contribution < 1.29 is 24.2 Å². The third-order valence-corrected chi connectivity index (χ3v) is 5.41. The summed E-state index contributed by atoms with van der Waals surface area (Å²) >= 11 is 0.770. The SMILES string of the molecule is CCOc1cc(/C=C2/SC(=O)N(CC(=O)Nc3c(C)cccc3C)C2=O)ccc1O. The van der Waals surface area contributed by atoms with Crippen molar-refractivity contribution in [3.63, 3.8) is 0 Å². The Morgan fingerprint density at radius 2 is 1.90 bits per heavy atom. The van der Waals surface area contributed by atoms with Crippen molar-refractivity contribution in [2.24, 2.45) is 0 Å². The van der Waals surface area contributed by atoms with Crippen LogP contribution in [0.15, 0.2) is 41.3 Å². The van der Waals surface area contributed by atoms with Crippen LogP contribution in [0.3, 0.4) is 0 Å². The lowest BCUT2D eigenvalue weighted by Gasteiger charge is -2.15. The molecule has 7 nitrogen and oxygen atoms in total. The number of aromatic hydroxyl groups is 1. The largest absolute Gasteiger partial charge is 0.504 e. The van der Waals surface area contributed by atoms with Crippen molar-refractivity contribution in [3.05, 3.63) is 58.0 Å². The van der Waals surface area contributed by atoms with Gasteiger partial charge < -0.3 is 15.2 Å². The van der Waals surface area contributed by atoms with Crippen molar-refractivity contribution in [2.45, 2.75) is 20.8 Å². The smallest absolute Gasteiger partial charge is 0.294 e. The van der Waals surface area contributed by atoms with Gasteiger partial charge in [0.2, 0.25) is 5.91 Å². The van der Waals surface area contributed by atoms with Crippen LogP contribution < -0.4 is 10.1 Å². The van der Waals surface area contributed by atoms with E-state index in [9.17, 15) is 19.5 Å². The summed E-state index contributed by atoms with van der Waals surface area (Å²) in [6, 6.07) is 10.3. The van der Waals surface area contributed by atoms with E-state index in [0.29, 0.717) is 23.6 Å². The van der Waals surface area contributed by atoms with Crippen LogP contribution in [0.1, 0.15) is 23.6 Å². The summed E-state index contributed by atoms with van der Waals surface area (Å²) in [7, 11) is 0. The Morgan fingerprint density at radius 3 is 2.57 bits per heavy atom. The van der Waals surface area contributed by atoms with Gasteiger partial charge in [0.25, 0.3) is 11.1 Å². The van der Waals surface area contributed by atoms with E-state index in [1.165, 1.54) is 12.1 Å². The third kappa shape index (κ3) is 4.65. The Balaban J connectivity index is 1.74. The molecule has 2 aromatic carbocycles. The number of hydrogen-bond donors (Lipinski definition) is 2. The molecule has 0 spiro atoms. The molecule has 1 fully saturated rings. The molecule has 0 atom stereocenters. The van der Waals surface area contributed by atoms with Crippen LogP contribution >= 0.6 is 11.8 Å². The Labute approximate surface area is 178 Å². The number of nitrogens with zero attached hydrogens (tertiary/aromatic N) is 1. The molecule has 1 saturated heterocycles. The fraction of sp³-hybridized carbons (Fsp3) is 0.227. The first-order valence-electron chi connectivity index (χ1n) is 9.37. The second-order valence-corrected chi connectivity index (χ2v) is 7.74. The zero-order valence-corrected chi connectivity index (χ0v) is 17.7. The molecule has 1 aliphatic heterocycles. The van der Waals surface area contributed by atoms with E-state index < -0.39 is 17.1 Å². The number of rotatable bonds is 6. The quantitative estimate of drug-likeness (QED) is 0.676. The van der Waals surface area contributed by atoms with Gasteiger partial charge >= 0.3 is 0 Å². The van der Waals surface area contributed by atoms with Crippen molar-refractivity contribution in [1.29, 1.82) is 0 Å². The molecule has 0 bridgehead atoms. The van der Waals surface area contributed by atoms with E-state index in [2.05, 4.69) is 5.32 Å². The summed E-state index contributed by atoms with van der Waals surface area (Å²) in [6.07, 6.45) is 1.54. The number of anilines is 1.